The molecule has 1 atom stereocenters. The second-order valence-electron chi connectivity index (χ2n) is 6.87. The highest BCUT2D eigenvalue weighted by molar-refractivity contribution is 5.46. The number of piperidine rings is 1. The second-order valence-corrected chi connectivity index (χ2v) is 6.87. The van der Waals surface area contributed by atoms with Crippen LogP contribution < -0.4 is 10.2 Å². The molecule has 1 aromatic rings. The number of aliphatic hydroxyl groups excluding tert-OH is 1. The SMILES string of the molecule is CN(C)C1CCN(c2cc(C3CCOC3)nc(NCCO)n2)CC1. The first-order chi connectivity index (χ1) is 11.7. The molecule has 0 aliphatic carbocycles. The first kappa shape index (κ1) is 17.4. The van der Waals surface area contributed by atoms with Crippen LogP contribution in [0.1, 0.15) is 30.9 Å². The van der Waals surface area contributed by atoms with Crippen molar-refractivity contribution >= 4 is 11.8 Å². The van der Waals surface area contributed by atoms with Crippen molar-refractivity contribution in [3.05, 3.63) is 11.8 Å². The van der Waals surface area contributed by atoms with E-state index in [1.54, 1.807) is 0 Å². The maximum Gasteiger partial charge on any atom is 0.224 e. The van der Waals surface area contributed by atoms with Crippen LogP contribution in [0.15, 0.2) is 6.07 Å². The predicted molar refractivity (Wildman–Crippen MR) is 94.7 cm³/mol. The minimum absolute atomic E-state index is 0.0731. The van der Waals surface area contributed by atoms with Crippen molar-refractivity contribution in [2.75, 3.05) is 63.8 Å². The number of aromatic nitrogens is 2. The van der Waals surface area contributed by atoms with Crippen molar-refractivity contribution in [1.82, 2.24) is 14.9 Å². The van der Waals surface area contributed by atoms with Gasteiger partial charge in [-0.3, -0.25) is 0 Å². The van der Waals surface area contributed by atoms with E-state index in [1.165, 1.54) is 0 Å². The molecule has 134 valence electrons. The van der Waals surface area contributed by atoms with E-state index in [-0.39, 0.29) is 6.61 Å². The first-order valence-electron chi connectivity index (χ1n) is 8.90. The molecule has 1 aromatic heterocycles. The highest BCUT2D eigenvalue weighted by Gasteiger charge is 2.25. The van der Waals surface area contributed by atoms with Crippen molar-refractivity contribution in [3.8, 4) is 0 Å². The summed E-state index contributed by atoms with van der Waals surface area (Å²) in [5.41, 5.74) is 1.05. The van der Waals surface area contributed by atoms with Crippen LogP contribution in [0.25, 0.3) is 0 Å². The summed E-state index contributed by atoms with van der Waals surface area (Å²) in [6.45, 7) is 4.10. The first-order valence-corrected chi connectivity index (χ1v) is 8.90. The molecule has 7 nitrogen and oxygen atoms in total. The van der Waals surface area contributed by atoms with Crippen molar-refractivity contribution in [1.29, 1.82) is 0 Å². The maximum atomic E-state index is 9.05. The Morgan fingerprint density at radius 3 is 2.71 bits per heavy atom. The highest BCUT2D eigenvalue weighted by atomic mass is 16.5. The topological polar surface area (TPSA) is 73.8 Å². The van der Waals surface area contributed by atoms with Crippen molar-refractivity contribution in [3.63, 3.8) is 0 Å². The molecule has 0 bridgehead atoms. The molecular weight excluding hydrogens is 306 g/mol. The Bertz CT molecular complexity index is 526. The van der Waals surface area contributed by atoms with Gasteiger partial charge in [0.15, 0.2) is 0 Å². The maximum absolute atomic E-state index is 9.05. The number of hydrogen-bond donors (Lipinski definition) is 2. The Labute approximate surface area is 144 Å². The molecule has 2 fully saturated rings. The molecule has 0 radical (unpaired) electrons. The third-order valence-corrected chi connectivity index (χ3v) is 4.99. The summed E-state index contributed by atoms with van der Waals surface area (Å²) in [5, 5.41) is 12.2. The molecule has 7 heteroatoms. The molecule has 0 aromatic carbocycles. The lowest BCUT2D eigenvalue weighted by Gasteiger charge is -2.36. The van der Waals surface area contributed by atoms with Crippen molar-refractivity contribution < 1.29 is 9.84 Å². The third-order valence-electron chi connectivity index (χ3n) is 4.99. The van der Waals surface area contributed by atoms with E-state index in [9.17, 15) is 0 Å². The molecule has 0 amide bonds. The molecule has 2 saturated heterocycles. The zero-order valence-corrected chi connectivity index (χ0v) is 14.7. The Hall–Kier alpha value is -1.44. The Balaban J connectivity index is 1.76. The fourth-order valence-electron chi connectivity index (χ4n) is 3.45. The van der Waals surface area contributed by atoms with Gasteiger partial charge in [0.1, 0.15) is 5.82 Å². The van der Waals surface area contributed by atoms with Crippen molar-refractivity contribution in [2.24, 2.45) is 0 Å². The van der Waals surface area contributed by atoms with E-state index in [4.69, 9.17) is 9.84 Å². The van der Waals surface area contributed by atoms with Gasteiger partial charge in [-0.15, -0.1) is 0 Å². The van der Waals surface area contributed by atoms with E-state index < -0.39 is 0 Å². The summed E-state index contributed by atoms with van der Waals surface area (Å²) in [6, 6.07) is 2.78. The molecule has 2 N–H and O–H groups in total. The lowest BCUT2D eigenvalue weighted by molar-refractivity contribution is 0.193. The minimum Gasteiger partial charge on any atom is -0.395 e. The predicted octanol–water partition coefficient (Wildman–Crippen LogP) is 0.915. The van der Waals surface area contributed by atoms with E-state index in [0.717, 1.165) is 57.1 Å². The summed E-state index contributed by atoms with van der Waals surface area (Å²) in [4.78, 5) is 14.0. The Morgan fingerprint density at radius 1 is 1.29 bits per heavy atom. The number of anilines is 2. The largest absolute Gasteiger partial charge is 0.395 e. The minimum atomic E-state index is 0.0731. The summed E-state index contributed by atoms with van der Waals surface area (Å²) in [5.74, 6) is 1.95. The van der Waals surface area contributed by atoms with Gasteiger partial charge in [-0.1, -0.05) is 0 Å². The summed E-state index contributed by atoms with van der Waals surface area (Å²) in [7, 11) is 4.31. The number of hydrogen-bond acceptors (Lipinski definition) is 7. The molecule has 0 saturated carbocycles. The fourth-order valence-corrected chi connectivity index (χ4v) is 3.45. The Kier molecular flexibility index (Phi) is 5.86. The summed E-state index contributed by atoms with van der Waals surface area (Å²) in [6.07, 6.45) is 3.31. The lowest BCUT2D eigenvalue weighted by Crippen LogP contribution is -2.42. The molecular formula is C17H29N5O2. The van der Waals surface area contributed by atoms with Gasteiger partial charge in [-0.25, -0.2) is 4.98 Å². The van der Waals surface area contributed by atoms with E-state index in [1.807, 2.05) is 0 Å². The molecule has 1 unspecified atom stereocenters. The molecule has 2 aliphatic rings. The van der Waals surface area contributed by atoms with Gasteiger partial charge in [0.25, 0.3) is 0 Å². The summed E-state index contributed by atoms with van der Waals surface area (Å²) >= 11 is 0. The van der Waals surface area contributed by atoms with Crippen LogP contribution in [0.4, 0.5) is 11.8 Å². The molecule has 2 aliphatic heterocycles. The van der Waals surface area contributed by atoms with Crippen LogP contribution in [0.5, 0.6) is 0 Å². The number of ether oxygens (including phenoxy) is 1. The van der Waals surface area contributed by atoms with Crippen LogP contribution in [-0.4, -0.2) is 79.6 Å². The zero-order valence-electron chi connectivity index (χ0n) is 14.7. The quantitative estimate of drug-likeness (QED) is 0.800. The van der Waals surface area contributed by atoms with E-state index in [0.29, 0.717) is 24.5 Å². The van der Waals surface area contributed by atoms with E-state index >= 15 is 0 Å². The van der Waals surface area contributed by atoms with Crippen LogP contribution >= 0.6 is 0 Å². The van der Waals surface area contributed by atoms with Gasteiger partial charge >= 0.3 is 0 Å². The monoisotopic (exact) mass is 335 g/mol. The standard InChI is InChI=1S/C17H29N5O2/c1-21(2)14-3-7-22(8-4-14)16-11-15(13-5-10-24-12-13)19-17(20-16)18-6-9-23/h11,13-14,23H,3-10,12H2,1-2H3,(H,18,19,20). The molecule has 0 spiro atoms. The number of rotatable bonds is 6. The van der Waals surface area contributed by atoms with Gasteiger partial charge in [0.05, 0.1) is 18.9 Å². The van der Waals surface area contributed by atoms with Crippen LogP contribution in [0, 0.1) is 0 Å². The van der Waals surface area contributed by atoms with E-state index in [2.05, 4.69) is 45.2 Å². The molecule has 3 rings (SSSR count). The normalized spacial score (nSPS) is 22.3. The number of aliphatic hydroxyl groups is 1. The van der Waals surface area contributed by atoms with Crippen LogP contribution in [0.3, 0.4) is 0 Å². The average Bonchev–Trinajstić information content (AvgIpc) is 3.14. The van der Waals surface area contributed by atoms with Gasteiger partial charge in [-0.05, 0) is 33.4 Å². The second kappa shape index (κ2) is 8.09. The zero-order chi connectivity index (χ0) is 16.9. The number of nitrogens with zero attached hydrogens (tertiary/aromatic N) is 4. The van der Waals surface area contributed by atoms with Gasteiger partial charge in [0.2, 0.25) is 5.95 Å². The Morgan fingerprint density at radius 2 is 2.08 bits per heavy atom. The number of nitrogens with one attached hydrogen (secondary N) is 1. The molecule has 24 heavy (non-hydrogen) atoms. The van der Waals surface area contributed by atoms with Crippen molar-refractivity contribution in [2.45, 2.75) is 31.2 Å². The smallest absolute Gasteiger partial charge is 0.224 e. The van der Waals surface area contributed by atoms with Crippen LogP contribution in [-0.2, 0) is 4.74 Å². The highest BCUT2D eigenvalue weighted by Crippen LogP contribution is 2.28. The average molecular weight is 335 g/mol. The van der Waals surface area contributed by atoms with Gasteiger partial charge in [0, 0.05) is 44.3 Å². The molecule has 3 heterocycles. The lowest BCUT2D eigenvalue weighted by atomic mass is 10.0. The van der Waals surface area contributed by atoms with Gasteiger partial charge in [-0.2, -0.15) is 4.98 Å². The fraction of sp³-hybridized carbons (Fsp3) is 0.765. The summed E-state index contributed by atoms with van der Waals surface area (Å²) < 4.78 is 5.52. The van der Waals surface area contributed by atoms with Crippen LogP contribution in [0.2, 0.25) is 0 Å². The van der Waals surface area contributed by atoms with Gasteiger partial charge < -0.3 is 25.0 Å². The third kappa shape index (κ3) is 4.15.